The lowest BCUT2D eigenvalue weighted by Crippen LogP contribution is -2.29. The van der Waals surface area contributed by atoms with Gasteiger partial charge in [0.1, 0.15) is 6.23 Å². The van der Waals surface area contributed by atoms with Crippen molar-refractivity contribution in [3.05, 3.63) is 60.2 Å². The number of nitrogens with zero attached hydrogens (tertiary/aromatic N) is 1. The molecular weight excluding hydrogens is 282 g/mol. The van der Waals surface area contributed by atoms with Gasteiger partial charge in [0.2, 0.25) is 0 Å². The summed E-state index contributed by atoms with van der Waals surface area (Å²) in [6.07, 6.45) is 2.81. The predicted octanol–water partition coefficient (Wildman–Crippen LogP) is 4.20. The normalized spacial score (nSPS) is 13.3. The molecule has 0 bridgehead atoms. The molecule has 0 saturated carbocycles. The molecule has 2 rings (SSSR count). The lowest BCUT2D eigenvalue weighted by Gasteiger charge is -2.21. The highest BCUT2D eigenvalue weighted by Crippen LogP contribution is 2.20. The molecule has 2 aromatic carbocycles. The van der Waals surface area contributed by atoms with Crippen molar-refractivity contribution in [2.45, 2.75) is 33.5 Å². The standard InChI is InChI=1S/C21H25NO/c1-21(2,3)15-8-7-14-20(23)22(4)16-18-12-9-11-17-10-5-6-13-19(17)18/h5-7,9-14,20,23H,16H2,1-4H3/b14-7+. The first kappa shape index (κ1) is 17.3. The van der Waals surface area contributed by atoms with Crippen LogP contribution in [0, 0.1) is 17.3 Å². The summed E-state index contributed by atoms with van der Waals surface area (Å²) in [6, 6.07) is 14.6. The maximum atomic E-state index is 10.3. The number of fused-ring (bicyclic) bond motifs is 1. The first-order chi connectivity index (χ1) is 10.9. The Morgan fingerprint density at radius 1 is 1.13 bits per heavy atom. The zero-order valence-corrected chi connectivity index (χ0v) is 14.4. The molecule has 0 aliphatic carbocycles. The van der Waals surface area contributed by atoms with Crippen molar-refractivity contribution in [2.24, 2.45) is 5.41 Å². The van der Waals surface area contributed by atoms with Crippen LogP contribution < -0.4 is 0 Å². The number of rotatable bonds is 4. The molecule has 0 spiro atoms. The van der Waals surface area contributed by atoms with E-state index in [-0.39, 0.29) is 5.41 Å². The van der Waals surface area contributed by atoms with E-state index >= 15 is 0 Å². The number of likely N-dealkylation sites (N-methyl/N-ethyl adjacent to an activating group) is 1. The Morgan fingerprint density at radius 2 is 1.83 bits per heavy atom. The third-order valence-electron chi connectivity index (χ3n) is 3.55. The van der Waals surface area contributed by atoms with Gasteiger partial charge in [0.25, 0.3) is 0 Å². The Kier molecular flexibility index (Phi) is 5.60. The summed E-state index contributed by atoms with van der Waals surface area (Å²) in [5, 5.41) is 12.7. The number of aliphatic hydroxyl groups excluding tert-OH is 1. The largest absolute Gasteiger partial charge is 0.375 e. The molecule has 1 N–H and O–H groups in total. The molecule has 120 valence electrons. The predicted molar refractivity (Wildman–Crippen MR) is 97.8 cm³/mol. The molecule has 0 aliphatic rings. The molecule has 0 fully saturated rings. The van der Waals surface area contributed by atoms with Crippen LogP contribution in [0.1, 0.15) is 26.3 Å². The van der Waals surface area contributed by atoms with Crippen molar-refractivity contribution < 1.29 is 5.11 Å². The first-order valence-corrected chi connectivity index (χ1v) is 7.91. The first-order valence-electron chi connectivity index (χ1n) is 7.91. The summed E-state index contributed by atoms with van der Waals surface area (Å²) < 4.78 is 0. The fourth-order valence-corrected chi connectivity index (χ4v) is 2.33. The van der Waals surface area contributed by atoms with Crippen LogP contribution in [0.3, 0.4) is 0 Å². The summed E-state index contributed by atoms with van der Waals surface area (Å²) in [6.45, 7) is 6.88. The summed E-state index contributed by atoms with van der Waals surface area (Å²) in [5.74, 6) is 6.11. The molecule has 0 aliphatic heterocycles. The van der Waals surface area contributed by atoms with Gasteiger partial charge in [0, 0.05) is 12.0 Å². The van der Waals surface area contributed by atoms with Gasteiger partial charge < -0.3 is 5.11 Å². The molecular formula is C21H25NO. The van der Waals surface area contributed by atoms with Crippen LogP contribution >= 0.6 is 0 Å². The van der Waals surface area contributed by atoms with Crippen LogP contribution in [-0.4, -0.2) is 23.3 Å². The van der Waals surface area contributed by atoms with Gasteiger partial charge in [-0.2, -0.15) is 0 Å². The van der Waals surface area contributed by atoms with E-state index in [0.717, 1.165) is 0 Å². The second-order valence-electron chi connectivity index (χ2n) is 6.85. The molecule has 2 heteroatoms. The van der Waals surface area contributed by atoms with Crippen molar-refractivity contribution in [1.82, 2.24) is 4.90 Å². The minimum absolute atomic E-state index is 0.0237. The zero-order valence-electron chi connectivity index (χ0n) is 14.4. The summed E-state index contributed by atoms with van der Waals surface area (Å²) >= 11 is 0. The third kappa shape index (κ3) is 5.25. The van der Waals surface area contributed by atoms with E-state index in [2.05, 4.69) is 62.9 Å². The third-order valence-corrected chi connectivity index (χ3v) is 3.55. The maximum Gasteiger partial charge on any atom is 0.127 e. The highest BCUT2D eigenvalue weighted by atomic mass is 16.3. The van der Waals surface area contributed by atoms with Crippen LogP contribution in [0.15, 0.2) is 54.6 Å². The summed E-state index contributed by atoms with van der Waals surface area (Å²) in [4.78, 5) is 1.90. The molecule has 0 saturated heterocycles. The fraction of sp³-hybridized carbons (Fsp3) is 0.333. The second-order valence-corrected chi connectivity index (χ2v) is 6.85. The van der Waals surface area contributed by atoms with E-state index in [1.807, 2.05) is 24.1 Å². The van der Waals surface area contributed by atoms with Crippen LogP contribution in [0.25, 0.3) is 10.8 Å². The van der Waals surface area contributed by atoms with Crippen molar-refractivity contribution in [3.8, 4) is 11.8 Å². The van der Waals surface area contributed by atoms with Crippen molar-refractivity contribution in [2.75, 3.05) is 7.05 Å². The highest BCUT2D eigenvalue weighted by Gasteiger charge is 2.09. The maximum absolute atomic E-state index is 10.3. The Balaban J connectivity index is 2.07. The van der Waals surface area contributed by atoms with E-state index in [1.165, 1.54) is 16.3 Å². The fourth-order valence-electron chi connectivity index (χ4n) is 2.33. The number of hydrogen-bond donors (Lipinski definition) is 1. The lowest BCUT2D eigenvalue weighted by molar-refractivity contribution is 0.0575. The van der Waals surface area contributed by atoms with Gasteiger partial charge in [-0.1, -0.05) is 54.3 Å². The molecule has 0 aromatic heterocycles. The van der Waals surface area contributed by atoms with Crippen molar-refractivity contribution >= 4 is 10.8 Å². The van der Waals surface area contributed by atoms with Crippen LogP contribution in [0.5, 0.6) is 0 Å². The van der Waals surface area contributed by atoms with Gasteiger partial charge >= 0.3 is 0 Å². The van der Waals surface area contributed by atoms with E-state index < -0.39 is 6.23 Å². The van der Waals surface area contributed by atoms with E-state index in [4.69, 9.17) is 0 Å². The molecule has 2 aromatic rings. The number of hydrogen-bond acceptors (Lipinski definition) is 2. The van der Waals surface area contributed by atoms with Crippen molar-refractivity contribution in [1.29, 1.82) is 0 Å². The van der Waals surface area contributed by atoms with Gasteiger partial charge in [0.05, 0.1) is 0 Å². The van der Waals surface area contributed by atoms with Crippen LogP contribution in [-0.2, 0) is 6.54 Å². The number of allylic oxidation sites excluding steroid dienone is 1. The molecule has 0 heterocycles. The van der Waals surface area contributed by atoms with Crippen LogP contribution in [0.4, 0.5) is 0 Å². The number of benzene rings is 2. The minimum Gasteiger partial charge on any atom is -0.375 e. The monoisotopic (exact) mass is 307 g/mol. The topological polar surface area (TPSA) is 23.5 Å². The second kappa shape index (κ2) is 7.46. The van der Waals surface area contributed by atoms with E-state index in [0.29, 0.717) is 6.54 Å². The molecule has 0 amide bonds. The van der Waals surface area contributed by atoms with E-state index in [9.17, 15) is 5.11 Å². The smallest absolute Gasteiger partial charge is 0.127 e. The SMILES string of the molecule is CN(Cc1cccc2ccccc12)C(O)/C=C/C#CC(C)(C)C. The summed E-state index contributed by atoms with van der Waals surface area (Å²) in [7, 11) is 1.91. The lowest BCUT2D eigenvalue weighted by atomic mass is 9.98. The average molecular weight is 307 g/mol. The van der Waals surface area contributed by atoms with E-state index in [1.54, 1.807) is 12.2 Å². The quantitative estimate of drug-likeness (QED) is 0.676. The molecule has 2 nitrogen and oxygen atoms in total. The molecule has 23 heavy (non-hydrogen) atoms. The Morgan fingerprint density at radius 3 is 2.57 bits per heavy atom. The van der Waals surface area contributed by atoms with Gasteiger partial charge in [-0.15, -0.1) is 0 Å². The molecule has 0 radical (unpaired) electrons. The van der Waals surface area contributed by atoms with Gasteiger partial charge in [0.15, 0.2) is 0 Å². The molecule has 1 unspecified atom stereocenters. The van der Waals surface area contributed by atoms with Gasteiger partial charge in [-0.3, -0.25) is 4.90 Å². The zero-order chi connectivity index (χ0) is 16.9. The van der Waals surface area contributed by atoms with Gasteiger partial charge in [-0.25, -0.2) is 0 Å². The Hall–Kier alpha value is -2.08. The highest BCUT2D eigenvalue weighted by molar-refractivity contribution is 5.85. The van der Waals surface area contributed by atoms with Crippen molar-refractivity contribution in [3.63, 3.8) is 0 Å². The number of aliphatic hydroxyl groups is 1. The minimum atomic E-state index is -0.650. The molecule has 1 atom stereocenters. The Labute approximate surface area is 139 Å². The van der Waals surface area contributed by atoms with Gasteiger partial charge in [-0.05, 0) is 56.3 Å². The van der Waals surface area contributed by atoms with Crippen LogP contribution in [0.2, 0.25) is 0 Å². The Bertz CT molecular complexity index is 738. The average Bonchev–Trinajstić information content (AvgIpc) is 2.50. The summed E-state index contributed by atoms with van der Waals surface area (Å²) in [5.41, 5.74) is 1.18.